The molecule has 0 radical (unpaired) electrons. The predicted molar refractivity (Wildman–Crippen MR) is 64.9 cm³/mol. The van der Waals surface area contributed by atoms with E-state index in [-0.39, 0.29) is 5.92 Å². The van der Waals surface area contributed by atoms with Crippen molar-refractivity contribution >= 4 is 5.97 Å². The molecule has 1 aliphatic heterocycles. The van der Waals surface area contributed by atoms with Crippen molar-refractivity contribution in [3.8, 4) is 11.3 Å². The quantitative estimate of drug-likeness (QED) is 0.869. The summed E-state index contributed by atoms with van der Waals surface area (Å²) in [5.74, 6) is -0.0583. The maximum Gasteiger partial charge on any atom is 0.308 e. The Kier molecular flexibility index (Phi) is 2.59. The Morgan fingerprint density at radius 2 is 2.39 bits per heavy atom. The summed E-state index contributed by atoms with van der Waals surface area (Å²) in [7, 11) is 0. The minimum absolute atomic E-state index is 0.298. The highest BCUT2D eigenvalue weighted by molar-refractivity contribution is 5.70. The molecule has 92 valence electrons. The zero-order valence-corrected chi connectivity index (χ0v) is 9.78. The van der Waals surface area contributed by atoms with Crippen LogP contribution in [0.15, 0.2) is 30.7 Å². The van der Waals surface area contributed by atoms with E-state index < -0.39 is 5.97 Å². The van der Waals surface area contributed by atoms with Gasteiger partial charge in [0.15, 0.2) is 0 Å². The smallest absolute Gasteiger partial charge is 0.308 e. The van der Waals surface area contributed by atoms with Gasteiger partial charge in [0.1, 0.15) is 5.82 Å². The molecule has 2 aromatic heterocycles. The van der Waals surface area contributed by atoms with E-state index in [0.29, 0.717) is 13.0 Å². The first kappa shape index (κ1) is 11.0. The Bertz CT molecular complexity index is 577. The number of pyridine rings is 1. The first-order valence-corrected chi connectivity index (χ1v) is 5.93. The van der Waals surface area contributed by atoms with E-state index in [4.69, 9.17) is 5.11 Å². The van der Waals surface area contributed by atoms with Crippen LogP contribution < -0.4 is 0 Å². The Balaban J connectivity index is 1.92. The van der Waals surface area contributed by atoms with Crippen molar-refractivity contribution in [2.24, 2.45) is 5.92 Å². The van der Waals surface area contributed by atoms with Crippen LogP contribution in [0.5, 0.6) is 0 Å². The van der Waals surface area contributed by atoms with Gasteiger partial charge in [0, 0.05) is 37.1 Å². The molecule has 1 N–H and O–H groups in total. The number of fused-ring (bicyclic) bond motifs is 1. The van der Waals surface area contributed by atoms with E-state index in [1.54, 1.807) is 12.4 Å². The Morgan fingerprint density at radius 3 is 3.11 bits per heavy atom. The number of hydrogen-bond acceptors (Lipinski definition) is 3. The van der Waals surface area contributed by atoms with Crippen LogP contribution in [0.3, 0.4) is 0 Å². The summed E-state index contributed by atoms with van der Waals surface area (Å²) >= 11 is 0. The SMILES string of the molecule is O=C(O)C1CCc2nc(-c3cccnc3)cn2C1. The number of carboxylic acids is 1. The molecule has 0 saturated carbocycles. The second kappa shape index (κ2) is 4.25. The average molecular weight is 243 g/mol. The lowest BCUT2D eigenvalue weighted by atomic mass is 10.00. The zero-order chi connectivity index (χ0) is 12.5. The third kappa shape index (κ3) is 1.88. The number of carboxylic acid groups (broad SMARTS) is 1. The van der Waals surface area contributed by atoms with Crippen LogP contribution in [0.1, 0.15) is 12.2 Å². The number of carbonyl (C=O) groups is 1. The molecule has 0 aliphatic carbocycles. The van der Waals surface area contributed by atoms with Gasteiger partial charge in [-0.1, -0.05) is 0 Å². The van der Waals surface area contributed by atoms with Crippen LogP contribution in [-0.4, -0.2) is 25.6 Å². The summed E-state index contributed by atoms with van der Waals surface area (Å²) in [4.78, 5) is 19.6. The minimum atomic E-state index is -0.725. The molecule has 0 fully saturated rings. The second-order valence-electron chi connectivity index (χ2n) is 4.51. The number of rotatable bonds is 2. The largest absolute Gasteiger partial charge is 0.481 e. The van der Waals surface area contributed by atoms with Gasteiger partial charge in [0.05, 0.1) is 11.6 Å². The molecule has 3 heterocycles. The molecule has 3 rings (SSSR count). The third-order valence-corrected chi connectivity index (χ3v) is 3.30. The van der Waals surface area contributed by atoms with Gasteiger partial charge < -0.3 is 9.67 Å². The normalized spacial score (nSPS) is 18.3. The summed E-state index contributed by atoms with van der Waals surface area (Å²) in [5.41, 5.74) is 1.83. The molecule has 0 saturated heterocycles. The van der Waals surface area contributed by atoms with Crippen molar-refractivity contribution in [1.29, 1.82) is 0 Å². The first-order chi connectivity index (χ1) is 8.74. The van der Waals surface area contributed by atoms with Gasteiger partial charge in [0.2, 0.25) is 0 Å². The van der Waals surface area contributed by atoms with E-state index in [1.807, 2.05) is 22.9 Å². The van der Waals surface area contributed by atoms with Crippen molar-refractivity contribution in [1.82, 2.24) is 14.5 Å². The monoisotopic (exact) mass is 243 g/mol. The van der Waals surface area contributed by atoms with Gasteiger partial charge in [-0.05, 0) is 18.6 Å². The molecule has 5 nitrogen and oxygen atoms in total. The van der Waals surface area contributed by atoms with E-state index in [9.17, 15) is 4.79 Å². The van der Waals surface area contributed by atoms with Gasteiger partial charge in [-0.2, -0.15) is 0 Å². The van der Waals surface area contributed by atoms with Crippen LogP contribution in [0.4, 0.5) is 0 Å². The molecule has 2 aromatic rings. The topological polar surface area (TPSA) is 68.0 Å². The summed E-state index contributed by atoms with van der Waals surface area (Å²) in [6.45, 7) is 0.512. The number of aliphatic carboxylic acids is 1. The van der Waals surface area contributed by atoms with Gasteiger partial charge in [-0.25, -0.2) is 4.98 Å². The molecule has 0 spiro atoms. The highest BCUT2D eigenvalue weighted by Crippen LogP contribution is 2.24. The molecule has 0 aromatic carbocycles. The molecular formula is C13H13N3O2. The first-order valence-electron chi connectivity index (χ1n) is 5.93. The average Bonchev–Trinajstić information content (AvgIpc) is 2.82. The van der Waals surface area contributed by atoms with Crippen LogP contribution in [0.2, 0.25) is 0 Å². The molecule has 0 amide bonds. The lowest BCUT2D eigenvalue weighted by Crippen LogP contribution is -2.26. The Morgan fingerprint density at radius 1 is 1.50 bits per heavy atom. The van der Waals surface area contributed by atoms with Crippen LogP contribution in [-0.2, 0) is 17.8 Å². The number of aryl methyl sites for hydroxylation is 1. The molecule has 1 unspecified atom stereocenters. The van der Waals surface area contributed by atoms with E-state index >= 15 is 0 Å². The standard InChI is InChI=1S/C13H13N3O2/c17-13(18)10-3-4-12-15-11(8-16(12)7-10)9-2-1-5-14-6-9/h1-2,5-6,8,10H,3-4,7H2,(H,17,18). The van der Waals surface area contributed by atoms with Gasteiger partial charge in [0.25, 0.3) is 0 Å². The highest BCUT2D eigenvalue weighted by Gasteiger charge is 2.25. The fraction of sp³-hybridized carbons (Fsp3) is 0.308. The molecule has 5 heteroatoms. The lowest BCUT2D eigenvalue weighted by molar-refractivity contribution is -0.142. The summed E-state index contributed by atoms with van der Waals surface area (Å²) in [6, 6.07) is 3.82. The number of aromatic nitrogens is 3. The van der Waals surface area contributed by atoms with Crippen molar-refractivity contribution in [3.05, 3.63) is 36.5 Å². The van der Waals surface area contributed by atoms with Crippen molar-refractivity contribution in [3.63, 3.8) is 0 Å². The van der Waals surface area contributed by atoms with Crippen LogP contribution in [0.25, 0.3) is 11.3 Å². The second-order valence-corrected chi connectivity index (χ2v) is 4.51. The van der Waals surface area contributed by atoms with Gasteiger partial charge >= 0.3 is 5.97 Å². The summed E-state index contributed by atoms with van der Waals surface area (Å²) in [6.07, 6.45) is 6.79. The molecule has 18 heavy (non-hydrogen) atoms. The van der Waals surface area contributed by atoms with E-state index in [2.05, 4.69) is 9.97 Å². The molecule has 1 atom stereocenters. The lowest BCUT2D eigenvalue weighted by Gasteiger charge is -2.19. The number of nitrogens with zero attached hydrogens (tertiary/aromatic N) is 3. The number of imidazole rings is 1. The Labute approximate surface area is 104 Å². The van der Waals surface area contributed by atoms with E-state index in [0.717, 1.165) is 23.5 Å². The van der Waals surface area contributed by atoms with E-state index in [1.165, 1.54) is 0 Å². The fourth-order valence-electron chi connectivity index (χ4n) is 2.30. The fourth-order valence-corrected chi connectivity index (χ4v) is 2.30. The van der Waals surface area contributed by atoms with Crippen LogP contribution >= 0.6 is 0 Å². The summed E-state index contributed by atoms with van der Waals surface area (Å²) < 4.78 is 1.95. The zero-order valence-electron chi connectivity index (χ0n) is 9.78. The third-order valence-electron chi connectivity index (χ3n) is 3.30. The maximum atomic E-state index is 11.0. The number of hydrogen-bond donors (Lipinski definition) is 1. The minimum Gasteiger partial charge on any atom is -0.481 e. The van der Waals surface area contributed by atoms with Crippen molar-refractivity contribution in [2.75, 3.05) is 0 Å². The van der Waals surface area contributed by atoms with Gasteiger partial charge in [-0.15, -0.1) is 0 Å². The van der Waals surface area contributed by atoms with Gasteiger partial charge in [-0.3, -0.25) is 9.78 Å². The van der Waals surface area contributed by atoms with Crippen molar-refractivity contribution in [2.45, 2.75) is 19.4 Å². The van der Waals surface area contributed by atoms with Crippen LogP contribution in [0, 0.1) is 5.92 Å². The molecule has 1 aliphatic rings. The molecular weight excluding hydrogens is 230 g/mol. The summed E-state index contributed by atoms with van der Waals surface area (Å²) in [5, 5.41) is 9.04. The highest BCUT2D eigenvalue weighted by atomic mass is 16.4. The van der Waals surface area contributed by atoms with Crippen molar-refractivity contribution < 1.29 is 9.90 Å². The Hall–Kier alpha value is -2.17. The predicted octanol–water partition coefficient (Wildman–Crippen LogP) is 1.59. The molecule has 0 bridgehead atoms. The maximum absolute atomic E-state index is 11.0.